The standard InChI is InChI=1S/C8H7N3O/c12-6-10-11-5-9-7-3-1-2-4-8(7)11/h1-6H,(H,10,12). The molecule has 1 N–H and O–H groups in total. The predicted molar refractivity (Wildman–Crippen MR) is 45.2 cm³/mol. The maximum atomic E-state index is 10.2. The normalized spacial score (nSPS) is 10.0. The minimum Gasteiger partial charge on any atom is -0.277 e. The summed E-state index contributed by atoms with van der Waals surface area (Å²) in [5, 5.41) is 0. The summed E-state index contributed by atoms with van der Waals surface area (Å²) in [4.78, 5) is 14.2. The number of benzene rings is 1. The van der Waals surface area contributed by atoms with Crippen molar-refractivity contribution >= 4 is 17.4 Å². The third-order valence-corrected chi connectivity index (χ3v) is 1.65. The summed E-state index contributed by atoms with van der Waals surface area (Å²) in [5.41, 5.74) is 4.26. The highest BCUT2D eigenvalue weighted by Crippen LogP contribution is 2.09. The first kappa shape index (κ1) is 6.84. The van der Waals surface area contributed by atoms with E-state index in [9.17, 15) is 4.79 Å². The highest BCUT2D eigenvalue weighted by atomic mass is 16.1. The molecule has 1 aromatic carbocycles. The van der Waals surface area contributed by atoms with Crippen molar-refractivity contribution in [2.75, 3.05) is 5.43 Å². The molecule has 2 rings (SSSR count). The van der Waals surface area contributed by atoms with Crippen LogP contribution in [0.1, 0.15) is 0 Å². The molecule has 1 heterocycles. The summed E-state index contributed by atoms with van der Waals surface area (Å²) < 4.78 is 1.57. The fraction of sp³-hybridized carbons (Fsp3) is 0. The molecule has 12 heavy (non-hydrogen) atoms. The molecule has 0 aliphatic rings. The van der Waals surface area contributed by atoms with E-state index in [1.807, 2.05) is 24.3 Å². The van der Waals surface area contributed by atoms with E-state index in [2.05, 4.69) is 10.4 Å². The minimum absolute atomic E-state index is 0.619. The van der Waals surface area contributed by atoms with E-state index in [-0.39, 0.29) is 0 Å². The van der Waals surface area contributed by atoms with Crippen molar-refractivity contribution < 1.29 is 4.79 Å². The van der Waals surface area contributed by atoms with Crippen LogP contribution in [-0.4, -0.2) is 16.1 Å². The molecule has 2 aromatic rings. The number of hydrogen-bond acceptors (Lipinski definition) is 2. The Morgan fingerprint density at radius 1 is 1.42 bits per heavy atom. The summed E-state index contributed by atoms with van der Waals surface area (Å²) >= 11 is 0. The predicted octanol–water partition coefficient (Wildman–Crippen LogP) is 0.736. The molecule has 0 fully saturated rings. The molecule has 0 unspecified atom stereocenters. The molecule has 0 saturated carbocycles. The van der Waals surface area contributed by atoms with Crippen LogP contribution in [0.4, 0.5) is 0 Å². The molecule has 0 saturated heterocycles. The number of aromatic nitrogens is 2. The van der Waals surface area contributed by atoms with Gasteiger partial charge in [0.25, 0.3) is 0 Å². The van der Waals surface area contributed by atoms with Crippen LogP contribution >= 0.6 is 0 Å². The first-order chi connectivity index (χ1) is 5.92. The highest BCUT2D eigenvalue weighted by molar-refractivity contribution is 5.76. The number of carbonyl (C=O) groups is 1. The van der Waals surface area contributed by atoms with Gasteiger partial charge in [-0.05, 0) is 12.1 Å². The fourth-order valence-corrected chi connectivity index (χ4v) is 1.12. The summed E-state index contributed by atoms with van der Waals surface area (Å²) in [5.74, 6) is 0. The van der Waals surface area contributed by atoms with Gasteiger partial charge in [0.15, 0.2) is 0 Å². The number of para-hydroxylation sites is 2. The molecule has 60 valence electrons. The van der Waals surface area contributed by atoms with Gasteiger partial charge in [0.2, 0.25) is 6.41 Å². The second-order valence-electron chi connectivity index (χ2n) is 2.35. The molecule has 1 aromatic heterocycles. The van der Waals surface area contributed by atoms with Gasteiger partial charge in [-0.3, -0.25) is 10.2 Å². The SMILES string of the molecule is O=CNn1cnc2ccccc21. The van der Waals surface area contributed by atoms with Gasteiger partial charge in [0.1, 0.15) is 6.33 Å². The van der Waals surface area contributed by atoms with Crippen LogP contribution in [0.3, 0.4) is 0 Å². The number of hydrogen-bond donors (Lipinski definition) is 1. The van der Waals surface area contributed by atoms with Crippen molar-refractivity contribution in [3.63, 3.8) is 0 Å². The Labute approximate surface area is 68.8 Å². The smallest absolute Gasteiger partial charge is 0.226 e. The third-order valence-electron chi connectivity index (χ3n) is 1.65. The maximum Gasteiger partial charge on any atom is 0.226 e. The van der Waals surface area contributed by atoms with Crippen LogP contribution < -0.4 is 5.43 Å². The van der Waals surface area contributed by atoms with Crippen molar-refractivity contribution in [1.29, 1.82) is 0 Å². The molecule has 1 amide bonds. The molecule has 0 radical (unpaired) electrons. The van der Waals surface area contributed by atoms with Crippen molar-refractivity contribution in [2.45, 2.75) is 0 Å². The molecule has 4 heteroatoms. The van der Waals surface area contributed by atoms with Gasteiger partial charge in [-0.25, -0.2) is 9.66 Å². The first-order valence-electron chi connectivity index (χ1n) is 3.54. The second-order valence-corrected chi connectivity index (χ2v) is 2.35. The lowest BCUT2D eigenvalue weighted by molar-refractivity contribution is -0.106. The van der Waals surface area contributed by atoms with Crippen LogP contribution in [0.5, 0.6) is 0 Å². The molecule has 0 spiro atoms. The monoisotopic (exact) mass is 161 g/mol. The topological polar surface area (TPSA) is 46.9 Å². The lowest BCUT2D eigenvalue weighted by Gasteiger charge is -1.98. The zero-order valence-corrected chi connectivity index (χ0v) is 6.27. The van der Waals surface area contributed by atoms with E-state index in [0.717, 1.165) is 11.0 Å². The first-order valence-corrected chi connectivity index (χ1v) is 3.54. The number of carbonyl (C=O) groups excluding carboxylic acids is 1. The average molecular weight is 161 g/mol. The van der Waals surface area contributed by atoms with Crippen LogP contribution in [0.25, 0.3) is 11.0 Å². The Balaban J connectivity index is 2.62. The number of fused-ring (bicyclic) bond motifs is 1. The van der Waals surface area contributed by atoms with Gasteiger partial charge >= 0.3 is 0 Å². The Hall–Kier alpha value is -1.84. The summed E-state index contributed by atoms with van der Waals surface area (Å²) in [6.45, 7) is 0. The maximum absolute atomic E-state index is 10.2. The van der Waals surface area contributed by atoms with Crippen molar-refractivity contribution in [3.05, 3.63) is 30.6 Å². The summed E-state index contributed by atoms with van der Waals surface area (Å²) in [6.07, 6.45) is 2.19. The molecular formula is C8H7N3O. The van der Waals surface area contributed by atoms with E-state index < -0.39 is 0 Å². The van der Waals surface area contributed by atoms with Gasteiger partial charge in [-0.2, -0.15) is 0 Å². The number of rotatable bonds is 2. The summed E-state index contributed by atoms with van der Waals surface area (Å²) in [6, 6.07) is 7.57. The Bertz CT molecular complexity index is 407. The lowest BCUT2D eigenvalue weighted by Crippen LogP contribution is -2.10. The molecule has 0 atom stereocenters. The molecule has 0 aliphatic carbocycles. The highest BCUT2D eigenvalue weighted by Gasteiger charge is 1.97. The Morgan fingerprint density at radius 2 is 2.25 bits per heavy atom. The van der Waals surface area contributed by atoms with Crippen molar-refractivity contribution in [2.24, 2.45) is 0 Å². The summed E-state index contributed by atoms with van der Waals surface area (Å²) in [7, 11) is 0. The fourth-order valence-electron chi connectivity index (χ4n) is 1.12. The number of imidazole rings is 1. The molecular weight excluding hydrogens is 154 g/mol. The zero-order chi connectivity index (χ0) is 8.39. The molecule has 0 bridgehead atoms. The minimum atomic E-state index is 0.619. The average Bonchev–Trinajstić information content (AvgIpc) is 2.50. The van der Waals surface area contributed by atoms with E-state index in [1.54, 1.807) is 11.0 Å². The molecule has 4 nitrogen and oxygen atoms in total. The quantitative estimate of drug-likeness (QED) is 0.660. The zero-order valence-electron chi connectivity index (χ0n) is 6.27. The van der Waals surface area contributed by atoms with Gasteiger partial charge < -0.3 is 0 Å². The van der Waals surface area contributed by atoms with Crippen LogP contribution in [-0.2, 0) is 4.79 Å². The van der Waals surface area contributed by atoms with Gasteiger partial charge in [-0.1, -0.05) is 12.1 Å². The Morgan fingerprint density at radius 3 is 3.08 bits per heavy atom. The van der Waals surface area contributed by atoms with Gasteiger partial charge in [0, 0.05) is 0 Å². The van der Waals surface area contributed by atoms with Crippen LogP contribution in [0, 0.1) is 0 Å². The van der Waals surface area contributed by atoms with E-state index in [4.69, 9.17) is 0 Å². The largest absolute Gasteiger partial charge is 0.277 e. The van der Waals surface area contributed by atoms with E-state index >= 15 is 0 Å². The lowest BCUT2D eigenvalue weighted by atomic mass is 10.3. The van der Waals surface area contributed by atoms with Crippen molar-refractivity contribution in [3.8, 4) is 0 Å². The number of amides is 1. The van der Waals surface area contributed by atoms with E-state index in [1.165, 1.54) is 0 Å². The van der Waals surface area contributed by atoms with E-state index in [0.29, 0.717) is 6.41 Å². The van der Waals surface area contributed by atoms with Crippen molar-refractivity contribution in [1.82, 2.24) is 9.66 Å². The van der Waals surface area contributed by atoms with Crippen LogP contribution in [0.2, 0.25) is 0 Å². The van der Waals surface area contributed by atoms with Gasteiger partial charge in [-0.15, -0.1) is 0 Å². The second kappa shape index (κ2) is 2.65. The molecule has 0 aliphatic heterocycles. The number of nitrogens with one attached hydrogen (secondary N) is 1. The number of nitrogens with zero attached hydrogens (tertiary/aromatic N) is 2. The Kier molecular flexibility index (Phi) is 1.51. The van der Waals surface area contributed by atoms with Gasteiger partial charge in [0.05, 0.1) is 11.0 Å². The third kappa shape index (κ3) is 0.934. The van der Waals surface area contributed by atoms with Crippen LogP contribution in [0.15, 0.2) is 30.6 Å².